The molecule has 2 aliphatic heterocycles. The van der Waals surface area contributed by atoms with Gasteiger partial charge in [0.1, 0.15) is 0 Å². The van der Waals surface area contributed by atoms with Gasteiger partial charge in [0, 0.05) is 0 Å². The number of esters is 1. The second-order valence-electron chi connectivity index (χ2n) is 7.70. The Labute approximate surface area is 148 Å². The lowest BCUT2D eigenvalue weighted by Gasteiger charge is -2.41. The molecule has 0 amide bonds. The monoisotopic (exact) mass is 338 g/mol. The van der Waals surface area contributed by atoms with Crippen LogP contribution in [0, 0.1) is 0 Å². The lowest BCUT2D eigenvalue weighted by molar-refractivity contribution is -0.898. The number of carbonyl (C=O) groups excluding carboxylic acids is 1. The molecule has 4 heteroatoms. The van der Waals surface area contributed by atoms with Gasteiger partial charge in [-0.15, -0.1) is 0 Å². The van der Waals surface area contributed by atoms with Gasteiger partial charge in [0.25, 0.3) is 0 Å². The highest BCUT2D eigenvalue weighted by Crippen LogP contribution is 2.48. The van der Waals surface area contributed by atoms with E-state index in [9.17, 15) is 4.79 Å². The van der Waals surface area contributed by atoms with Crippen molar-refractivity contribution in [3.8, 4) is 0 Å². The van der Waals surface area contributed by atoms with Crippen LogP contribution in [0.3, 0.4) is 0 Å². The molecule has 2 aliphatic rings. The van der Waals surface area contributed by atoms with E-state index < -0.39 is 11.4 Å². The number of rotatable bonds is 2. The summed E-state index contributed by atoms with van der Waals surface area (Å²) in [5.41, 5.74) is 0.460. The topological polar surface area (TPSA) is 35.5 Å². The highest BCUT2D eigenvalue weighted by atomic mass is 16.8. The predicted octanol–water partition coefficient (Wildman–Crippen LogP) is 3.07. The van der Waals surface area contributed by atoms with E-state index in [1.807, 2.05) is 60.7 Å². The molecule has 0 aliphatic carbocycles. The molecule has 2 aromatic carbocycles. The molecule has 0 saturated carbocycles. The zero-order valence-corrected chi connectivity index (χ0v) is 14.8. The molecule has 2 aromatic rings. The van der Waals surface area contributed by atoms with Crippen molar-refractivity contribution in [3.63, 3.8) is 0 Å². The minimum absolute atomic E-state index is 0.308. The molecule has 0 N–H and O–H groups in total. The molecular weight excluding hydrogens is 314 g/mol. The Bertz CT molecular complexity index is 721. The van der Waals surface area contributed by atoms with Crippen molar-refractivity contribution >= 4 is 5.97 Å². The molecule has 0 bridgehead atoms. The summed E-state index contributed by atoms with van der Waals surface area (Å²) >= 11 is 0. The van der Waals surface area contributed by atoms with E-state index in [4.69, 9.17) is 9.47 Å². The van der Waals surface area contributed by atoms with Crippen LogP contribution >= 0.6 is 0 Å². The normalized spacial score (nSPS) is 23.4. The fraction of sp³-hybridized carbons (Fsp3) is 0.381. The van der Waals surface area contributed by atoms with E-state index in [2.05, 4.69) is 14.1 Å². The van der Waals surface area contributed by atoms with E-state index in [1.165, 1.54) is 0 Å². The van der Waals surface area contributed by atoms with Crippen molar-refractivity contribution in [2.45, 2.75) is 24.2 Å². The molecule has 2 saturated heterocycles. The number of benzene rings is 2. The quantitative estimate of drug-likeness (QED) is 0.624. The van der Waals surface area contributed by atoms with Gasteiger partial charge < -0.3 is 14.0 Å². The number of quaternary nitrogens is 1. The molecule has 0 aromatic heterocycles. The average Bonchev–Trinajstić information content (AvgIpc) is 2.93. The first-order valence-electron chi connectivity index (χ1n) is 8.83. The van der Waals surface area contributed by atoms with Crippen LogP contribution in [0.5, 0.6) is 0 Å². The third kappa shape index (κ3) is 2.66. The number of hydrogen-bond acceptors (Lipinski definition) is 3. The largest absolute Gasteiger partial charge is 0.430 e. The molecule has 1 spiro atoms. The van der Waals surface area contributed by atoms with Gasteiger partial charge in [-0.1, -0.05) is 60.7 Å². The second-order valence-corrected chi connectivity index (χ2v) is 7.70. The minimum atomic E-state index is -1.18. The lowest BCUT2D eigenvalue weighted by atomic mass is 9.86. The Morgan fingerprint density at radius 1 is 0.840 bits per heavy atom. The van der Waals surface area contributed by atoms with Gasteiger partial charge in [-0.2, -0.15) is 0 Å². The molecule has 4 nitrogen and oxygen atoms in total. The summed E-state index contributed by atoms with van der Waals surface area (Å²) in [5.74, 6) is -1.13. The molecule has 2 heterocycles. The Morgan fingerprint density at radius 3 is 1.80 bits per heavy atom. The first kappa shape index (κ1) is 16.3. The van der Waals surface area contributed by atoms with Crippen LogP contribution < -0.4 is 0 Å². The molecule has 25 heavy (non-hydrogen) atoms. The van der Waals surface area contributed by atoms with Gasteiger partial charge in [-0.05, 0) is 11.1 Å². The van der Waals surface area contributed by atoms with Crippen LogP contribution in [0.25, 0.3) is 0 Å². The first-order valence-corrected chi connectivity index (χ1v) is 8.83. The molecule has 0 radical (unpaired) electrons. The minimum Gasteiger partial charge on any atom is -0.430 e. The Morgan fingerprint density at radius 2 is 1.32 bits per heavy atom. The van der Waals surface area contributed by atoms with Gasteiger partial charge in [0.2, 0.25) is 11.4 Å². The maximum atomic E-state index is 13.2. The van der Waals surface area contributed by atoms with Crippen LogP contribution in [0.1, 0.15) is 24.0 Å². The summed E-state index contributed by atoms with van der Waals surface area (Å²) in [6.45, 7) is 1.85. The van der Waals surface area contributed by atoms with Gasteiger partial charge in [-0.3, -0.25) is 0 Å². The van der Waals surface area contributed by atoms with Crippen molar-refractivity contribution in [1.82, 2.24) is 0 Å². The molecule has 0 atom stereocenters. The maximum Gasteiger partial charge on any atom is 0.350 e. The highest BCUT2D eigenvalue weighted by molar-refractivity contribution is 5.87. The predicted molar refractivity (Wildman–Crippen MR) is 94.6 cm³/mol. The molecule has 0 unspecified atom stereocenters. The number of hydrogen-bond donors (Lipinski definition) is 0. The number of ether oxygens (including phenoxy) is 2. The summed E-state index contributed by atoms with van der Waals surface area (Å²) < 4.78 is 13.4. The Balaban J connectivity index is 1.79. The zero-order valence-electron chi connectivity index (χ0n) is 14.8. The van der Waals surface area contributed by atoms with Gasteiger partial charge in [0.15, 0.2) is 0 Å². The maximum absolute atomic E-state index is 13.2. The number of carbonyl (C=O) groups is 1. The Kier molecular flexibility index (Phi) is 3.71. The second kappa shape index (κ2) is 5.68. The van der Waals surface area contributed by atoms with E-state index in [1.54, 1.807) is 0 Å². The van der Waals surface area contributed by atoms with Crippen LogP contribution in [0.15, 0.2) is 60.7 Å². The first-order chi connectivity index (χ1) is 12.0. The summed E-state index contributed by atoms with van der Waals surface area (Å²) in [5, 5.41) is 0. The van der Waals surface area contributed by atoms with Crippen LogP contribution in [0.4, 0.5) is 0 Å². The van der Waals surface area contributed by atoms with Gasteiger partial charge in [-0.25, -0.2) is 4.79 Å². The van der Waals surface area contributed by atoms with Gasteiger partial charge in [0.05, 0.1) is 40.0 Å². The van der Waals surface area contributed by atoms with E-state index in [0.29, 0.717) is 12.8 Å². The van der Waals surface area contributed by atoms with Crippen molar-refractivity contribution in [1.29, 1.82) is 0 Å². The Hall–Kier alpha value is -2.17. The van der Waals surface area contributed by atoms with Crippen LogP contribution in [-0.4, -0.2) is 43.4 Å². The van der Waals surface area contributed by atoms with E-state index >= 15 is 0 Å². The molecule has 130 valence electrons. The number of piperidine rings is 1. The molecular formula is C21H24NO3+. The fourth-order valence-electron chi connectivity index (χ4n) is 3.84. The van der Waals surface area contributed by atoms with Crippen LogP contribution in [-0.2, 0) is 19.9 Å². The standard InChI is InChI=1S/C21H24NO3/c1-22(2)15-13-20(14-16-22)24-19(23)21(25-20,17-9-5-3-6-10-17)18-11-7-4-8-12-18/h3-12H,13-16H2,1-2H3/q+1. The third-order valence-electron chi connectivity index (χ3n) is 5.46. The van der Waals surface area contributed by atoms with Crippen molar-refractivity contribution < 1.29 is 18.8 Å². The number of nitrogens with zero attached hydrogens (tertiary/aromatic N) is 1. The molecule has 4 rings (SSSR count). The average molecular weight is 338 g/mol. The smallest absolute Gasteiger partial charge is 0.350 e. The SMILES string of the molecule is C[N+]1(C)CCC2(CC1)OC(=O)C(c1ccccc1)(c1ccccc1)O2. The van der Waals surface area contributed by atoms with Crippen molar-refractivity contribution in [2.75, 3.05) is 27.2 Å². The lowest BCUT2D eigenvalue weighted by Crippen LogP contribution is -2.53. The van der Waals surface area contributed by atoms with E-state index in [-0.39, 0.29) is 5.97 Å². The van der Waals surface area contributed by atoms with Crippen LogP contribution in [0.2, 0.25) is 0 Å². The van der Waals surface area contributed by atoms with Crippen molar-refractivity contribution in [2.24, 2.45) is 0 Å². The highest BCUT2D eigenvalue weighted by Gasteiger charge is 2.61. The number of likely N-dealkylation sites (tertiary alicyclic amines) is 1. The van der Waals surface area contributed by atoms with E-state index in [0.717, 1.165) is 28.7 Å². The van der Waals surface area contributed by atoms with Crippen molar-refractivity contribution in [3.05, 3.63) is 71.8 Å². The molecule has 2 fully saturated rings. The summed E-state index contributed by atoms with van der Waals surface area (Å²) in [4.78, 5) is 13.2. The summed E-state index contributed by atoms with van der Waals surface area (Å²) in [6.07, 6.45) is 1.43. The van der Waals surface area contributed by atoms with Gasteiger partial charge >= 0.3 is 5.97 Å². The summed E-state index contributed by atoms with van der Waals surface area (Å²) in [7, 11) is 4.40. The zero-order chi connectivity index (χ0) is 17.5. The summed E-state index contributed by atoms with van der Waals surface area (Å²) in [6, 6.07) is 19.4. The third-order valence-corrected chi connectivity index (χ3v) is 5.46. The fourth-order valence-corrected chi connectivity index (χ4v) is 3.84.